The third-order valence-corrected chi connectivity index (χ3v) is 1.43. The predicted octanol–water partition coefficient (Wildman–Crippen LogP) is 1.49. The maximum Gasteiger partial charge on any atom is 0.132 e. The van der Waals surface area contributed by atoms with Crippen molar-refractivity contribution in [1.82, 2.24) is 0 Å². The Labute approximate surface area is 48.3 Å². The van der Waals surface area contributed by atoms with Crippen LogP contribution >= 0.6 is 0 Å². The van der Waals surface area contributed by atoms with E-state index < -0.39 is 0 Å². The zero-order valence-electron chi connectivity index (χ0n) is 4.81. The molecule has 0 aromatic rings. The van der Waals surface area contributed by atoms with Gasteiger partial charge in [-0.3, -0.25) is 0 Å². The largest absolute Gasteiger partial charge is 0.506 e. The van der Waals surface area contributed by atoms with E-state index in [9.17, 15) is 0 Å². The minimum Gasteiger partial charge on any atom is -0.506 e. The number of rotatable bonds is 0. The number of aliphatic hydroxyl groups is 1. The van der Waals surface area contributed by atoms with Gasteiger partial charge >= 0.3 is 0 Å². The first-order valence-corrected chi connectivity index (χ1v) is 2.69. The first kappa shape index (κ1) is 5.35. The minimum absolute atomic E-state index is 0.164. The van der Waals surface area contributed by atoms with Crippen molar-refractivity contribution in [2.24, 2.45) is 5.92 Å². The van der Waals surface area contributed by atoms with Crippen LogP contribution in [0.3, 0.4) is 0 Å². The summed E-state index contributed by atoms with van der Waals surface area (Å²) in [5.74, 6) is 0.396. The Hall–Kier alpha value is -0.790. The van der Waals surface area contributed by atoms with Crippen LogP contribution in [0.1, 0.15) is 13.3 Å². The van der Waals surface area contributed by atoms with Crippen molar-refractivity contribution in [1.29, 1.82) is 5.41 Å². The molecular weight excluding hydrogens is 102 g/mol. The molecule has 0 heterocycles. The van der Waals surface area contributed by atoms with Crippen molar-refractivity contribution >= 4 is 5.71 Å². The zero-order valence-corrected chi connectivity index (χ0v) is 4.81. The summed E-state index contributed by atoms with van der Waals surface area (Å²) in [6, 6.07) is 0. The van der Waals surface area contributed by atoms with E-state index in [0.717, 1.165) is 6.42 Å². The topological polar surface area (TPSA) is 44.1 Å². The predicted molar refractivity (Wildman–Crippen MR) is 32.2 cm³/mol. The van der Waals surface area contributed by atoms with Crippen LogP contribution in [0.5, 0.6) is 0 Å². The molecule has 0 amide bonds. The molecule has 1 aliphatic rings. The molecule has 1 unspecified atom stereocenters. The summed E-state index contributed by atoms with van der Waals surface area (Å²) >= 11 is 0. The Morgan fingerprint density at radius 2 is 2.50 bits per heavy atom. The molecule has 2 heteroatoms. The van der Waals surface area contributed by atoms with Gasteiger partial charge in [0.15, 0.2) is 0 Å². The second-order valence-electron chi connectivity index (χ2n) is 2.14. The summed E-state index contributed by atoms with van der Waals surface area (Å²) in [5.41, 5.74) is 0.380. The Morgan fingerprint density at radius 3 is 2.62 bits per heavy atom. The summed E-state index contributed by atoms with van der Waals surface area (Å²) in [4.78, 5) is 0. The molecule has 0 fully saturated rings. The van der Waals surface area contributed by atoms with Gasteiger partial charge in [-0.2, -0.15) is 0 Å². The number of nitrogens with one attached hydrogen (secondary N) is 1. The highest BCUT2D eigenvalue weighted by atomic mass is 16.3. The van der Waals surface area contributed by atoms with Gasteiger partial charge in [-0.15, -0.1) is 0 Å². The number of aliphatic hydroxyl groups excluding tert-OH is 1. The SMILES string of the molecule is CC1CC=C(O)C1=N. The van der Waals surface area contributed by atoms with Crippen molar-refractivity contribution < 1.29 is 5.11 Å². The van der Waals surface area contributed by atoms with E-state index in [2.05, 4.69) is 0 Å². The van der Waals surface area contributed by atoms with E-state index in [1.54, 1.807) is 6.08 Å². The van der Waals surface area contributed by atoms with Gasteiger partial charge in [-0.1, -0.05) is 6.92 Å². The van der Waals surface area contributed by atoms with Crippen LogP contribution in [0, 0.1) is 11.3 Å². The zero-order chi connectivity index (χ0) is 6.15. The number of hydrogen-bond acceptors (Lipinski definition) is 2. The molecule has 0 saturated carbocycles. The lowest BCUT2D eigenvalue weighted by Crippen LogP contribution is -2.03. The maximum atomic E-state index is 8.80. The molecule has 44 valence electrons. The molecule has 0 spiro atoms. The van der Waals surface area contributed by atoms with E-state index in [1.807, 2.05) is 6.92 Å². The number of allylic oxidation sites excluding steroid dienone is 2. The molecular formula is C6H9NO. The summed E-state index contributed by atoms with van der Waals surface area (Å²) in [6.07, 6.45) is 2.51. The fraction of sp³-hybridized carbons (Fsp3) is 0.500. The summed E-state index contributed by atoms with van der Waals surface area (Å²) in [5, 5.41) is 15.9. The van der Waals surface area contributed by atoms with Crippen LogP contribution in [-0.2, 0) is 0 Å². The number of hydrogen-bond donors (Lipinski definition) is 2. The fourth-order valence-corrected chi connectivity index (χ4v) is 0.769. The molecule has 0 aliphatic heterocycles. The molecule has 1 aliphatic carbocycles. The fourth-order valence-electron chi connectivity index (χ4n) is 0.769. The van der Waals surface area contributed by atoms with Crippen LogP contribution < -0.4 is 0 Å². The van der Waals surface area contributed by atoms with Crippen LogP contribution in [0.15, 0.2) is 11.8 Å². The highest BCUT2D eigenvalue weighted by molar-refractivity contribution is 5.99. The van der Waals surface area contributed by atoms with E-state index >= 15 is 0 Å². The van der Waals surface area contributed by atoms with E-state index in [4.69, 9.17) is 10.5 Å². The van der Waals surface area contributed by atoms with Gasteiger partial charge < -0.3 is 10.5 Å². The standard InChI is InChI=1S/C6H9NO/c1-4-2-3-5(8)6(4)7/h3-4,7-8H,2H2,1H3. The maximum absolute atomic E-state index is 8.80. The van der Waals surface area contributed by atoms with Crippen LogP contribution in [0.4, 0.5) is 0 Å². The van der Waals surface area contributed by atoms with Crippen molar-refractivity contribution in [2.45, 2.75) is 13.3 Å². The van der Waals surface area contributed by atoms with Crippen molar-refractivity contribution in [3.8, 4) is 0 Å². The Morgan fingerprint density at radius 1 is 1.88 bits per heavy atom. The van der Waals surface area contributed by atoms with Crippen LogP contribution in [-0.4, -0.2) is 10.8 Å². The smallest absolute Gasteiger partial charge is 0.132 e. The average Bonchev–Trinajstić information content (AvgIpc) is 1.98. The van der Waals surface area contributed by atoms with Gasteiger partial charge in [0.05, 0.1) is 5.71 Å². The van der Waals surface area contributed by atoms with Gasteiger partial charge in [0.1, 0.15) is 5.76 Å². The van der Waals surface area contributed by atoms with Crippen LogP contribution in [0.2, 0.25) is 0 Å². The van der Waals surface area contributed by atoms with Crippen molar-refractivity contribution in [3.05, 3.63) is 11.8 Å². The van der Waals surface area contributed by atoms with Crippen molar-refractivity contribution in [3.63, 3.8) is 0 Å². The van der Waals surface area contributed by atoms with E-state index in [0.29, 0.717) is 5.71 Å². The molecule has 0 radical (unpaired) electrons. The molecule has 0 aromatic carbocycles. The molecule has 0 saturated heterocycles. The Kier molecular flexibility index (Phi) is 1.08. The summed E-state index contributed by atoms with van der Waals surface area (Å²) in [7, 11) is 0. The molecule has 2 nitrogen and oxygen atoms in total. The van der Waals surface area contributed by atoms with Gasteiger partial charge in [0, 0.05) is 5.92 Å². The highest BCUT2D eigenvalue weighted by Gasteiger charge is 2.17. The highest BCUT2D eigenvalue weighted by Crippen LogP contribution is 2.17. The van der Waals surface area contributed by atoms with E-state index in [1.165, 1.54) is 0 Å². The Balaban J connectivity index is 2.73. The first-order chi connectivity index (χ1) is 3.72. The Bertz CT molecular complexity index is 149. The molecule has 8 heavy (non-hydrogen) atoms. The minimum atomic E-state index is 0.164. The van der Waals surface area contributed by atoms with Gasteiger partial charge in [0.2, 0.25) is 0 Å². The lowest BCUT2D eigenvalue weighted by Gasteiger charge is -1.98. The molecule has 2 N–H and O–H groups in total. The van der Waals surface area contributed by atoms with Gasteiger partial charge in [-0.05, 0) is 12.5 Å². The lowest BCUT2D eigenvalue weighted by atomic mass is 10.1. The van der Waals surface area contributed by atoms with E-state index in [-0.39, 0.29) is 11.7 Å². The van der Waals surface area contributed by atoms with Crippen LogP contribution in [0.25, 0.3) is 0 Å². The average molecular weight is 111 g/mol. The second-order valence-corrected chi connectivity index (χ2v) is 2.14. The summed E-state index contributed by atoms with van der Waals surface area (Å²) < 4.78 is 0. The molecule has 0 aromatic heterocycles. The molecule has 1 rings (SSSR count). The summed E-state index contributed by atoms with van der Waals surface area (Å²) in [6.45, 7) is 1.93. The first-order valence-electron chi connectivity index (χ1n) is 2.69. The quantitative estimate of drug-likeness (QED) is 0.488. The molecule has 0 bridgehead atoms. The van der Waals surface area contributed by atoms with Crippen molar-refractivity contribution in [2.75, 3.05) is 0 Å². The lowest BCUT2D eigenvalue weighted by molar-refractivity contribution is 0.443. The molecule has 1 atom stereocenters. The third kappa shape index (κ3) is 0.619. The normalized spacial score (nSPS) is 28.4. The van der Waals surface area contributed by atoms with Gasteiger partial charge in [0.25, 0.3) is 0 Å². The monoisotopic (exact) mass is 111 g/mol. The second kappa shape index (κ2) is 1.62. The van der Waals surface area contributed by atoms with Gasteiger partial charge in [-0.25, -0.2) is 0 Å². The third-order valence-electron chi connectivity index (χ3n) is 1.43.